The fourth-order valence-electron chi connectivity index (χ4n) is 1.54. The lowest BCUT2D eigenvalue weighted by molar-refractivity contribution is -0.137. The molecule has 3 nitrogen and oxygen atoms in total. The first-order valence-corrected chi connectivity index (χ1v) is 6.37. The maximum atomic E-state index is 12.6. The number of anilines is 1. The normalized spacial score (nSPS) is 11.6. The van der Waals surface area contributed by atoms with Crippen LogP contribution in [0.3, 0.4) is 0 Å². The lowest BCUT2D eigenvalue weighted by Crippen LogP contribution is -2.06. The average Bonchev–Trinajstić information content (AvgIpc) is 2.33. The van der Waals surface area contributed by atoms with Crippen molar-refractivity contribution in [2.24, 2.45) is 0 Å². The molecule has 0 radical (unpaired) electrons. The van der Waals surface area contributed by atoms with E-state index in [4.69, 9.17) is 5.73 Å². The zero-order valence-corrected chi connectivity index (χ0v) is 11.7. The second kappa shape index (κ2) is 5.32. The number of hydrogen-bond donors (Lipinski definition) is 1. The minimum absolute atomic E-state index is 0.213. The maximum Gasteiger partial charge on any atom is 0.416 e. The van der Waals surface area contributed by atoms with Crippen molar-refractivity contribution in [3.63, 3.8) is 0 Å². The van der Waals surface area contributed by atoms with Crippen LogP contribution in [0.5, 0.6) is 0 Å². The van der Waals surface area contributed by atoms with E-state index < -0.39 is 11.7 Å². The van der Waals surface area contributed by atoms with Crippen molar-refractivity contribution in [1.82, 2.24) is 9.97 Å². The summed E-state index contributed by atoms with van der Waals surface area (Å²) in [6.45, 7) is 0. The fraction of sp³-hybridized carbons (Fsp3) is 0.167. The van der Waals surface area contributed by atoms with Crippen molar-refractivity contribution >= 4 is 28.4 Å². The van der Waals surface area contributed by atoms with Gasteiger partial charge >= 0.3 is 6.18 Å². The summed E-state index contributed by atoms with van der Waals surface area (Å²) in [5.41, 5.74) is 5.45. The van der Waals surface area contributed by atoms with Gasteiger partial charge in [0.2, 0.25) is 0 Å². The Bertz CT molecular complexity index is 599. The predicted molar refractivity (Wildman–Crippen MR) is 73.4 cm³/mol. The van der Waals surface area contributed by atoms with E-state index in [0.717, 1.165) is 12.1 Å². The molecule has 0 aliphatic rings. The van der Waals surface area contributed by atoms with Gasteiger partial charge in [-0.3, -0.25) is 0 Å². The van der Waals surface area contributed by atoms with Gasteiger partial charge in [0, 0.05) is 12.6 Å². The Kier molecular flexibility index (Phi) is 3.93. The Balaban J connectivity index is 2.26. The number of benzene rings is 1. The number of nitrogens with zero attached hydrogens (tertiary/aromatic N) is 2. The van der Waals surface area contributed by atoms with Crippen molar-refractivity contribution in [2.45, 2.75) is 12.6 Å². The Hall–Kier alpha value is -1.38. The minimum Gasteiger partial charge on any atom is -0.383 e. The summed E-state index contributed by atoms with van der Waals surface area (Å²) in [6.07, 6.45) is -2.58. The molecule has 100 valence electrons. The second-order valence-corrected chi connectivity index (χ2v) is 5.06. The molecule has 0 bridgehead atoms. The van der Waals surface area contributed by atoms with Crippen molar-refractivity contribution in [3.8, 4) is 0 Å². The summed E-state index contributed by atoms with van der Waals surface area (Å²) in [7, 11) is 0. The molecule has 19 heavy (non-hydrogen) atoms. The van der Waals surface area contributed by atoms with Crippen LogP contribution in [0, 0.1) is 3.57 Å². The molecule has 1 heterocycles. The van der Waals surface area contributed by atoms with Crippen molar-refractivity contribution < 1.29 is 13.2 Å². The molecule has 0 unspecified atom stereocenters. The first kappa shape index (κ1) is 14.0. The van der Waals surface area contributed by atoms with E-state index in [9.17, 15) is 13.2 Å². The van der Waals surface area contributed by atoms with Crippen LogP contribution in [0.1, 0.15) is 17.0 Å². The third-order valence-electron chi connectivity index (χ3n) is 2.44. The molecule has 0 amide bonds. The van der Waals surface area contributed by atoms with Crippen LogP contribution in [0.15, 0.2) is 30.5 Å². The highest BCUT2D eigenvalue weighted by atomic mass is 127. The van der Waals surface area contributed by atoms with Crippen LogP contribution in [0.2, 0.25) is 0 Å². The molecule has 0 saturated carbocycles. The van der Waals surface area contributed by atoms with Gasteiger partial charge < -0.3 is 5.73 Å². The smallest absolute Gasteiger partial charge is 0.383 e. The number of aromatic nitrogens is 2. The molecule has 7 heteroatoms. The summed E-state index contributed by atoms with van der Waals surface area (Å²) < 4.78 is 38.4. The first-order valence-electron chi connectivity index (χ1n) is 5.29. The highest BCUT2D eigenvalue weighted by Crippen LogP contribution is 2.29. The number of nitrogens with two attached hydrogens (primary N) is 1. The third kappa shape index (κ3) is 3.55. The lowest BCUT2D eigenvalue weighted by atomic mass is 10.1. The van der Waals surface area contributed by atoms with Crippen molar-refractivity contribution in [2.75, 3.05) is 5.73 Å². The number of alkyl halides is 3. The van der Waals surface area contributed by atoms with Gasteiger partial charge in [-0.05, 0) is 34.2 Å². The highest BCUT2D eigenvalue weighted by molar-refractivity contribution is 14.1. The van der Waals surface area contributed by atoms with Gasteiger partial charge in [-0.15, -0.1) is 0 Å². The molecule has 2 N–H and O–H groups in total. The van der Waals surface area contributed by atoms with Crippen LogP contribution >= 0.6 is 22.6 Å². The van der Waals surface area contributed by atoms with E-state index in [-0.39, 0.29) is 6.42 Å². The van der Waals surface area contributed by atoms with Crippen LogP contribution in [0.25, 0.3) is 0 Å². The largest absolute Gasteiger partial charge is 0.416 e. The predicted octanol–water partition coefficient (Wildman–Crippen LogP) is 3.27. The van der Waals surface area contributed by atoms with Gasteiger partial charge in [-0.2, -0.15) is 13.2 Å². The zero-order chi connectivity index (χ0) is 14.0. The van der Waals surface area contributed by atoms with Gasteiger partial charge in [0.05, 0.1) is 9.13 Å². The van der Waals surface area contributed by atoms with Crippen LogP contribution in [0.4, 0.5) is 19.0 Å². The molecule has 0 atom stereocenters. The number of nitrogen functional groups attached to an aromatic ring is 1. The first-order chi connectivity index (χ1) is 8.86. The van der Waals surface area contributed by atoms with Crippen LogP contribution in [-0.2, 0) is 12.6 Å². The summed E-state index contributed by atoms with van der Waals surface area (Å²) in [4.78, 5) is 8.08. The van der Waals surface area contributed by atoms with Crippen molar-refractivity contribution in [3.05, 3.63) is 51.0 Å². The fourth-order valence-corrected chi connectivity index (χ4v) is 1.80. The lowest BCUT2D eigenvalue weighted by Gasteiger charge is -2.08. The van der Waals surface area contributed by atoms with Crippen molar-refractivity contribution in [1.29, 1.82) is 0 Å². The Morgan fingerprint density at radius 2 is 2.00 bits per heavy atom. The molecule has 1 aromatic heterocycles. The molecule has 2 aromatic rings. The van der Waals surface area contributed by atoms with E-state index in [0.29, 0.717) is 20.8 Å². The summed E-state index contributed by atoms with van der Waals surface area (Å²) >= 11 is 1.99. The topological polar surface area (TPSA) is 51.8 Å². The monoisotopic (exact) mass is 379 g/mol. The number of rotatable bonds is 2. The average molecular weight is 379 g/mol. The molecule has 0 spiro atoms. The van der Waals surface area contributed by atoms with Crippen LogP contribution in [-0.4, -0.2) is 9.97 Å². The van der Waals surface area contributed by atoms with Gasteiger partial charge in [-0.25, -0.2) is 9.97 Å². The molecule has 0 aliphatic carbocycles. The standard InChI is InChI=1S/C12H9F3IN3/c13-12(14,15)8-3-1-2-7(4-8)5-10-18-6-9(16)11(17)19-10/h1-4,6H,5H2,(H2,17,18,19). The molecule has 2 rings (SSSR count). The Labute approximate surface area is 121 Å². The second-order valence-electron chi connectivity index (χ2n) is 3.89. The highest BCUT2D eigenvalue weighted by Gasteiger charge is 2.30. The molecule has 0 aliphatic heterocycles. The van der Waals surface area contributed by atoms with Crippen LogP contribution < -0.4 is 5.73 Å². The molecule has 0 fully saturated rings. The Morgan fingerprint density at radius 1 is 1.26 bits per heavy atom. The van der Waals surface area contributed by atoms with E-state index in [1.54, 1.807) is 12.3 Å². The van der Waals surface area contributed by atoms with E-state index in [1.165, 1.54) is 6.07 Å². The quantitative estimate of drug-likeness (QED) is 0.816. The summed E-state index contributed by atoms with van der Waals surface area (Å²) in [5.74, 6) is 0.731. The molecule has 0 saturated heterocycles. The SMILES string of the molecule is Nc1nc(Cc2cccc(C(F)(F)F)c2)ncc1I. The Morgan fingerprint density at radius 3 is 2.63 bits per heavy atom. The van der Waals surface area contributed by atoms with Gasteiger partial charge in [0.1, 0.15) is 11.6 Å². The zero-order valence-electron chi connectivity index (χ0n) is 9.58. The van der Waals surface area contributed by atoms with Gasteiger partial charge in [-0.1, -0.05) is 18.2 Å². The number of halogens is 4. The minimum atomic E-state index is -4.35. The van der Waals surface area contributed by atoms with E-state index in [1.807, 2.05) is 22.6 Å². The van der Waals surface area contributed by atoms with E-state index in [2.05, 4.69) is 9.97 Å². The molecular weight excluding hydrogens is 370 g/mol. The van der Waals surface area contributed by atoms with Gasteiger partial charge in [0.15, 0.2) is 0 Å². The number of hydrogen-bond acceptors (Lipinski definition) is 3. The summed E-state index contributed by atoms with van der Waals surface area (Å²) in [6, 6.07) is 5.10. The van der Waals surface area contributed by atoms with Gasteiger partial charge in [0.25, 0.3) is 0 Å². The summed E-state index contributed by atoms with van der Waals surface area (Å²) in [5, 5.41) is 0. The molecular formula is C12H9F3IN3. The maximum absolute atomic E-state index is 12.6. The van der Waals surface area contributed by atoms with E-state index >= 15 is 0 Å². The third-order valence-corrected chi connectivity index (χ3v) is 3.27. The molecule has 1 aromatic carbocycles.